The highest BCUT2D eigenvalue weighted by Gasteiger charge is 2.56. The lowest BCUT2D eigenvalue weighted by molar-refractivity contribution is -0.134. The molecule has 0 unspecified atom stereocenters. The van der Waals surface area contributed by atoms with Crippen LogP contribution in [0.1, 0.15) is 33.1 Å². The molecular weight excluding hydrogens is 346 g/mol. The van der Waals surface area contributed by atoms with Crippen LogP contribution in [0, 0.1) is 5.92 Å². The van der Waals surface area contributed by atoms with E-state index in [-0.39, 0.29) is 18.4 Å². The highest BCUT2D eigenvalue weighted by molar-refractivity contribution is 6.10. The van der Waals surface area contributed by atoms with Gasteiger partial charge in [-0.3, -0.25) is 19.8 Å². The molecule has 142 valence electrons. The number of imidazole rings is 1. The van der Waals surface area contributed by atoms with Crippen molar-refractivity contribution in [1.29, 1.82) is 0 Å². The van der Waals surface area contributed by atoms with Crippen molar-refractivity contribution < 1.29 is 14.4 Å². The Labute approximate surface area is 156 Å². The Hall–Kier alpha value is -2.90. The number of anilines is 1. The average molecular weight is 369 g/mol. The molecule has 0 radical (unpaired) electrons. The summed E-state index contributed by atoms with van der Waals surface area (Å²) in [4.78, 5) is 42.9. The number of para-hydroxylation sites is 2. The Bertz CT molecular complexity index is 933. The number of rotatable bonds is 6. The number of benzene rings is 1. The molecule has 8 nitrogen and oxygen atoms in total. The Balaban J connectivity index is 1.51. The molecule has 1 saturated heterocycles. The van der Waals surface area contributed by atoms with E-state index in [0.717, 1.165) is 35.2 Å². The van der Waals surface area contributed by atoms with Crippen LogP contribution in [0.3, 0.4) is 0 Å². The molecule has 1 aromatic heterocycles. The summed E-state index contributed by atoms with van der Waals surface area (Å²) in [6.45, 7) is 4.18. The van der Waals surface area contributed by atoms with Gasteiger partial charge in [0.05, 0.1) is 11.0 Å². The molecule has 27 heavy (non-hydrogen) atoms. The second-order valence-electron chi connectivity index (χ2n) is 7.42. The summed E-state index contributed by atoms with van der Waals surface area (Å²) < 4.78 is 1.94. The number of imide groups is 1. The highest BCUT2D eigenvalue weighted by Crippen LogP contribution is 2.42. The number of aromatic nitrogens is 2. The summed E-state index contributed by atoms with van der Waals surface area (Å²) in [6, 6.07) is 7.14. The van der Waals surface area contributed by atoms with Crippen molar-refractivity contribution in [3.63, 3.8) is 0 Å². The number of nitrogens with zero attached hydrogens (tertiary/aromatic N) is 3. The van der Waals surface area contributed by atoms with Gasteiger partial charge in [0.1, 0.15) is 12.1 Å². The minimum absolute atomic E-state index is 0.163. The Kier molecular flexibility index (Phi) is 4.13. The largest absolute Gasteiger partial charge is 0.325 e. The zero-order valence-electron chi connectivity index (χ0n) is 15.5. The molecule has 2 aromatic rings. The maximum Gasteiger partial charge on any atom is 0.325 e. The third kappa shape index (κ3) is 2.94. The van der Waals surface area contributed by atoms with Crippen LogP contribution in [0.15, 0.2) is 24.3 Å². The van der Waals surface area contributed by atoms with Crippen LogP contribution in [0.25, 0.3) is 11.0 Å². The molecule has 1 aliphatic carbocycles. The standard InChI is InChI=1S/C19H23N5O3/c1-3-10-23-14-7-5-4-6-13(14)20-17(23)21-15(25)11-24-16(26)19(2,12-8-9-12)22-18(24)27/h4-7,12H,3,8-11H2,1-2H3,(H,22,27)(H,20,21,25)/t19-/m1/s1. The zero-order chi connectivity index (χ0) is 19.2. The summed E-state index contributed by atoms with van der Waals surface area (Å²) in [5.41, 5.74) is 0.843. The summed E-state index contributed by atoms with van der Waals surface area (Å²) in [6.07, 6.45) is 2.73. The normalized spacial score (nSPS) is 22.4. The van der Waals surface area contributed by atoms with Crippen LogP contribution >= 0.6 is 0 Å². The minimum atomic E-state index is -0.882. The molecule has 0 spiro atoms. The first-order valence-corrected chi connectivity index (χ1v) is 9.33. The fraction of sp³-hybridized carbons (Fsp3) is 0.474. The molecular formula is C19H23N5O3. The van der Waals surface area contributed by atoms with Crippen LogP contribution in [-0.2, 0) is 16.1 Å². The maximum absolute atomic E-state index is 12.7. The van der Waals surface area contributed by atoms with Gasteiger partial charge >= 0.3 is 6.03 Å². The van der Waals surface area contributed by atoms with Gasteiger partial charge in [-0.25, -0.2) is 9.78 Å². The molecule has 4 amide bonds. The van der Waals surface area contributed by atoms with Crippen LogP contribution in [0.5, 0.6) is 0 Å². The number of hydrogen-bond donors (Lipinski definition) is 2. The van der Waals surface area contributed by atoms with Crippen LogP contribution < -0.4 is 10.6 Å². The molecule has 0 bridgehead atoms. The van der Waals surface area contributed by atoms with Gasteiger partial charge in [-0.2, -0.15) is 0 Å². The Morgan fingerprint density at radius 1 is 1.33 bits per heavy atom. The highest BCUT2D eigenvalue weighted by atomic mass is 16.2. The minimum Gasteiger partial charge on any atom is -0.323 e. The zero-order valence-corrected chi connectivity index (χ0v) is 15.5. The van der Waals surface area contributed by atoms with Gasteiger partial charge in [-0.1, -0.05) is 19.1 Å². The summed E-state index contributed by atoms with van der Waals surface area (Å²) >= 11 is 0. The SMILES string of the molecule is CCCn1c(NC(=O)CN2C(=O)N[C@](C)(C3CC3)C2=O)nc2ccccc21. The van der Waals surface area contributed by atoms with E-state index in [0.29, 0.717) is 12.5 Å². The number of carbonyl (C=O) groups is 3. The van der Waals surface area contributed by atoms with Crippen molar-refractivity contribution in [2.45, 2.75) is 45.2 Å². The van der Waals surface area contributed by atoms with Gasteiger partial charge in [0.15, 0.2) is 0 Å². The number of fused-ring (bicyclic) bond motifs is 1. The maximum atomic E-state index is 12.7. The van der Waals surface area contributed by atoms with Crippen molar-refractivity contribution in [3.8, 4) is 0 Å². The summed E-state index contributed by atoms with van der Waals surface area (Å²) in [5.74, 6) is -0.172. The molecule has 1 aromatic carbocycles. The second kappa shape index (κ2) is 6.37. The topological polar surface area (TPSA) is 96.3 Å². The van der Waals surface area contributed by atoms with E-state index >= 15 is 0 Å². The second-order valence-corrected chi connectivity index (χ2v) is 7.42. The number of carbonyl (C=O) groups excluding carboxylic acids is 3. The lowest BCUT2D eigenvalue weighted by Crippen LogP contribution is -2.46. The predicted molar refractivity (Wildman–Crippen MR) is 100 cm³/mol. The van der Waals surface area contributed by atoms with Gasteiger partial charge in [0.2, 0.25) is 11.9 Å². The average Bonchev–Trinajstić information content (AvgIpc) is 3.41. The molecule has 1 saturated carbocycles. The van der Waals surface area contributed by atoms with Gasteiger partial charge in [-0.15, -0.1) is 0 Å². The third-order valence-corrected chi connectivity index (χ3v) is 5.35. The number of urea groups is 1. The van der Waals surface area contributed by atoms with E-state index in [1.165, 1.54) is 0 Å². The van der Waals surface area contributed by atoms with Gasteiger partial charge < -0.3 is 9.88 Å². The quantitative estimate of drug-likeness (QED) is 0.762. The van der Waals surface area contributed by atoms with Crippen LogP contribution in [0.4, 0.5) is 10.7 Å². The third-order valence-electron chi connectivity index (χ3n) is 5.35. The predicted octanol–water partition coefficient (Wildman–Crippen LogP) is 2.11. The van der Waals surface area contributed by atoms with Crippen molar-refractivity contribution in [1.82, 2.24) is 19.8 Å². The first kappa shape index (κ1) is 17.5. The molecule has 1 atom stereocenters. The fourth-order valence-electron chi connectivity index (χ4n) is 3.73. The van der Waals surface area contributed by atoms with Crippen molar-refractivity contribution in [2.24, 2.45) is 5.92 Å². The van der Waals surface area contributed by atoms with Crippen molar-refractivity contribution >= 4 is 34.8 Å². The molecule has 2 heterocycles. The van der Waals surface area contributed by atoms with Crippen LogP contribution in [0.2, 0.25) is 0 Å². The number of aryl methyl sites for hydroxylation is 1. The Morgan fingerprint density at radius 3 is 2.78 bits per heavy atom. The Morgan fingerprint density at radius 2 is 2.07 bits per heavy atom. The van der Waals surface area contributed by atoms with Crippen molar-refractivity contribution in [2.75, 3.05) is 11.9 Å². The first-order valence-electron chi connectivity index (χ1n) is 9.33. The van der Waals surface area contributed by atoms with E-state index in [2.05, 4.69) is 15.6 Å². The van der Waals surface area contributed by atoms with Gasteiger partial charge in [-0.05, 0) is 44.2 Å². The number of amides is 4. The van der Waals surface area contributed by atoms with E-state index in [9.17, 15) is 14.4 Å². The van der Waals surface area contributed by atoms with E-state index in [4.69, 9.17) is 0 Å². The fourth-order valence-corrected chi connectivity index (χ4v) is 3.73. The number of hydrogen-bond acceptors (Lipinski definition) is 4. The van der Waals surface area contributed by atoms with Gasteiger partial charge in [0, 0.05) is 6.54 Å². The van der Waals surface area contributed by atoms with Gasteiger partial charge in [0.25, 0.3) is 5.91 Å². The smallest absolute Gasteiger partial charge is 0.323 e. The molecule has 1 aliphatic heterocycles. The van der Waals surface area contributed by atoms with E-state index in [1.807, 2.05) is 35.8 Å². The molecule has 4 rings (SSSR count). The summed E-state index contributed by atoms with van der Waals surface area (Å²) in [7, 11) is 0. The number of nitrogens with one attached hydrogen (secondary N) is 2. The lowest BCUT2D eigenvalue weighted by atomic mass is 9.96. The van der Waals surface area contributed by atoms with E-state index in [1.54, 1.807) is 6.92 Å². The molecule has 2 aliphatic rings. The first-order chi connectivity index (χ1) is 12.9. The molecule has 8 heteroatoms. The lowest BCUT2D eigenvalue weighted by Gasteiger charge is -2.20. The monoisotopic (exact) mass is 369 g/mol. The van der Waals surface area contributed by atoms with Crippen molar-refractivity contribution in [3.05, 3.63) is 24.3 Å². The van der Waals surface area contributed by atoms with Crippen LogP contribution in [-0.4, -0.2) is 44.4 Å². The summed E-state index contributed by atoms with van der Waals surface area (Å²) in [5, 5.41) is 5.52. The molecule has 2 fully saturated rings. The van der Waals surface area contributed by atoms with E-state index < -0.39 is 17.5 Å². The molecule has 2 N–H and O–H groups in total.